The van der Waals surface area contributed by atoms with E-state index in [0.29, 0.717) is 5.41 Å². The van der Waals surface area contributed by atoms with Crippen molar-refractivity contribution in [3.8, 4) is 0 Å². The van der Waals surface area contributed by atoms with E-state index in [1.54, 1.807) is 0 Å². The average molecular weight is 239 g/mol. The second-order valence-electron chi connectivity index (χ2n) is 6.43. The molecule has 1 nitrogen and oxygen atoms in total. The van der Waals surface area contributed by atoms with Gasteiger partial charge in [-0.2, -0.15) is 0 Å². The van der Waals surface area contributed by atoms with Crippen LogP contribution >= 0.6 is 0 Å². The van der Waals surface area contributed by atoms with Crippen LogP contribution in [0.25, 0.3) is 0 Å². The highest BCUT2D eigenvalue weighted by molar-refractivity contribution is 4.79. The lowest BCUT2D eigenvalue weighted by atomic mass is 9.79. The van der Waals surface area contributed by atoms with Crippen molar-refractivity contribution in [2.75, 3.05) is 13.1 Å². The molecule has 1 unspecified atom stereocenters. The highest BCUT2D eigenvalue weighted by Crippen LogP contribution is 2.35. The van der Waals surface area contributed by atoms with Crippen LogP contribution < -0.4 is 5.32 Å². The van der Waals surface area contributed by atoms with Crippen LogP contribution in [0.4, 0.5) is 0 Å². The summed E-state index contributed by atoms with van der Waals surface area (Å²) in [6, 6.07) is 0. The molecule has 0 spiro atoms. The molecule has 1 saturated carbocycles. The van der Waals surface area contributed by atoms with Gasteiger partial charge >= 0.3 is 0 Å². The van der Waals surface area contributed by atoms with Crippen molar-refractivity contribution >= 4 is 0 Å². The average Bonchev–Trinajstić information content (AvgIpc) is 2.80. The Labute approximate surface area is 109 Å². The van der Waals surface area contributed by atoms with Gasteiger partial charge in [0.1, 0.15) is 0 Å². The number of nitrogens with one attached hydrogen (secondary N) is 1. The molecule has 1 N–H and O–H groups in total. The molecule has 0 aliphatic heterocycles. The number of hydrogen-bond donors (Lipinski definition) is 1. The molecule has 1 fully saturated rings. The summed E-state index contributed by atoms with van der Waals surface area (Å²) >= 11 is 0. The first kappa shape index (κ1) is 15.0. The molecule has 0 radical (unpaired) electrons. The molecule has 0 aromatic carbocycles. The van der Waals surface area contributed by atoms with Gasteiger partial charge in [0.25, 0.3) is 0 Å². The quantitative estimate of drug-likeness (QED) is 0.572. The lowest BCUT2D eigenvalue weighted by Crippen LogP contribution is -2.32. The van der Waals surface area contributed by atoms with Gasteiger partial charge in [0.15, 0.2) is 0 Å². The van der Waals surface area contributed by atoms with Crippen molar-refractivity contribution in [3.05, 3.63) is 0 Å². The Bertz CT molecular complexity index is 184. The minimum Gasteiger partial charge on any atom is -0.316 e. The summed E-state index contributed by atoms with van der Waals surface area (Å²) in [6.45, 7) is 9.48. The van der Waals surface area contributed by atoms with Crippen LogP contribution in [0.1, 0.15) is 78.6 Å². The molecule has 1 atom stereocenters. The van der Waals surface area contributed by atoms with Crippen LogP contribution in [0.5, 0.6) is 0 Å². The highest BCUT2D eigenvalue weighted by atomic mass is 14.9. The minimum absolute atomic E-state index is 0.548. The topological polar surface area (TPSA) is 12.0 Å². The molecule has 1 rings (SSSR count). The van der Waals surface area contributed by atoms with E-state index >= 15 is 0 Å². The molecule has 102 valence electrons. The Hall–Kier alpha value is -0.0400. The predicted octanol–water partition coefficient (Wildman–Crippen LogP) is 4.76. The standard InChI is InChI=1S/C16H33N/c1-4-11-16(3,14-17-13-5-2)12-10-15-8-6-7-9-15/h15,17H,4-14H2,1-3H3. The summed E-state index contributed by atoms with van der Waals surface area (Å²) < 4.78 is 0. The molecule has 0 saturated heterocycles. The lowest BCUT2D eigenvalue weighted by molar-refractivity contribution is 0.232. The Morgan fingerprint density at radius 3 is 2.35 bits per heavy atom. The maximum atomic E-state index is 3.64. The lowest BCUT2D eigenvalue weighted by Gasteiger charge is -2.31. The SMILES string of the molecule is CCCNCC(C)(CCC)CCC1CCCC1. The summed E-state index contributed by atoms with van der Waals surface area (Å²) in [5.74, 6) is 1.05. The maximum absolute atomic E-state index is 3.64. The summed E-state index contributed by atoms with van der Waals surface area (Å²) in [6.07, 6.45) is 12.9. The van der Waals surface area contributed by atoms with Gasteiger partial charge in [0.05, 0.1) is 0 Å². The fourth-order valence-corrected chi connectivity index (χ4v) is 3.32. The summed E-state index contributed by atoms with van der Waals surface area (Å²) in [5, 5.41) is 3.64. The van der Waals surface area contributed by atoms with Crippen LogP contribution in [-0.2, 0) is 0 Å². The van der Waals surface area contributed by atoms with Gasteiger partial charge in [-0.3, -0.25) is 0 Å². The van der Waals surface area contributed by atoms with Crippen LogP contribution in [0.15, 0.2) is 0 Å². The summed E-state index contributed by atoms with van der Waals surface area (Å²) in [5.41, 5.74) is 0.548. The van der Waals surface area contributed by atoms with E-state index in [9.17, 15) is 0 Å². The molecule has 0 amide bonds. The van der Waals surface area contributed by atoms with E-state index in [-0.39, 0.29) is 0 Å². The highest BCUT2D eigenvalue weighted by Gasteiger charge is 2.25. The van der Waals surface area contributed by atoms with Crippen LogP contribution in [-0.4, -0.2) is 13.1 Å². The van der Waals surface area contributed by atoms with Crippen molar-refractivity contribution in [2.45, 2.75) is 78.6 Å². The van der Waals surface area contributed by atoms with Gasteiger partial charge in [-0.15, -0.1) is 0 Å². The van der Waals surface area contributed by atoms with Gasteiger partial charge in [0.2, 0.25) is 0 Å². The van der Waals surface area contributed by atoms with Gasteiger partial charge in [-0.05, 0) is 43.6 Å². The Morgan fingerprint density at radius 2 is 1.76 bits per heavy atom. The zero-order chi connectivity index (χ0) is 12.6. The first-order valence-corrected chi connectivity index (χ1v) is 7.91. The Kier molecular flexibility index (Phi) is 7.18. The minimum atomic E-state index is 0.548. The fraction of sp³-hybridized carbons (Fsp3) is 1.00. The second-order valence-corrected chi connectivity index (χ2v) is 6.43. The maximum Gasteiger partial charge on any atom is 0.000516 e. The van der Waals surface area contributed by atoms with Crippen molar-refractivity contribution in [3.63, 3.8) is 0 Å². The molecule has 0 aromatic heterocycles. The van der Waals surface area contributed by atoms with Crippen molar-refractivity contribution in [2.24, 2.45) is 11.3 Å². The molecule has 0 heterocycles. The van der Waals surface area contributed by atoms with Crippen molar-refractivity contribution in [1.82, 2.24) is 5.32 Å². The van der Waals surface area contributed by atoms with Gasteiger partial charge in [-0.1, -0.05) is 52.9 Å². The molecule has 1 aliphatic rings. The molecular weight excluding hydrogens is 206 g/mol. The monoisotopic (exact) mass is 239 g/mol. The first-order chi connectivity index (χ1) is 8.20. The molecule has 0 aromatic rings. The summed E-state index contributed by atoms with van der Waals surface area (Å²) in [4.78, 5) is 0. The smallest absolute Gasteiger partial charge is 0.000516 e. The number of rotatable bonds is 9. The summed E-state index contributed by atoms with van der Waals surface area (Å²) in [7, 11) is 0. The zero-order valence-corrected chi connectivity index (χ0v) is 12.4. The van der Waals surface area contributed by atoms with Crippen LogP contribution in [0, 0.1) is 11.3 Å². The Balaban J connectivity index is 2.28. The zero-order valence-electron chi connectivity index (χ0n) is 12.4. The van der Waals surface area contributed by atoms with Crippen molar-refractivity contribution < 1.29 is 0 Å². The van der Waals surface area contributed by atoms with E-state index in [0.717, 1.165) is 5.92 Å². The Morgan fingerprint density at radius 1 is 1.06 bits per heavy atom. The third-order valence-electron chi connectivity index (χ3n) is 4.46. The number of hydrogen-bond acceptors (Lipinski definition) is 1. The van der Waals surface area contributed by atoms with Gasteiger partial charge in [0, 0.05) is 6.54 Å². The van der Waals surface area contributed by atoms with Gasteiger partial charge < -0.3 is 5.32 Å². The predicted molar refractivity (Wildman–Crippen MR) is 77.4 cm³/mol. The van der Waals surface area contributed by atoms with Gasteiger partial charge in [-0.25, -0.2) is 0 Å². The third-order valence-corrected chi connectivity index (χ3v) is 4.46. The van der Waals surface area contributed by atoms with E-state index < -0.39 is 0 Å². The van der Waals surface area contributed by atoms with E-state index in [4.69, 9.17) is 0 Å². The van der Waals surface area contributed by atoms with Crippen LogP contribution in [0.3, 0.4) is 0 Å². The van der Waals surface area contributed by atoms with Crippen LogP contribution in [0.2, 0.25) is 0 Å². The first-order valence-electron chi connectivity index (χ1n) is 7.91. The van der Waals surface area contributed by atoms with E-state index in [1.165, 1.54) is 70.9 Å². The molecule has 17 heavy (non-hydrogen) atoms. The fourth-order valence-electron chi connectivity index (χ4n) is 3.32. The normalized spacial score (nSPS) is 20.6. The molecular formula is C16H33N. The second kappa shape index (κ2) is 8.13. The van der Waals surface area contributed by atoms with E-state index in [2.05, 4.69) is 26.1 Å². The molecule has 1 aliphatic carbocycles. The largest absolute Gasteiger partial charge is 0.316 e. The molecule has 0 bridgehead atoms. The van der Waals surface area contributed by atoms with Crippen molar-refractivity contribution in [1.29, 1.82) is 0 Å². The van der Waals surface area contributed by atoms with E-state index in [1.807, 2.05) is 0 Å². The molecule has 1 heteroatoms. The third kappa shape index (κ3) is 5.90.